The summed E-state index contributed by atoms with van der Waals surface area (Å²) in [5.74, 6) is 0.378. The van der Waals surface area contributed by atoms with E-state index >= 15 is 0 Å². The molecule has 0 aliphatic heterocycles. The number of rotatable bonds is 8. The third-order valence-electron chi connectivity index (χ3n) is 4.17. The topological polar surface area (TPSA) is 93.5 Å². The maximum Gasteiger partial charge on any atom is 0.269 e. The molecule has 0 radical (unpaired) electrons. The number of benzene rings is 3. The lowest BCUT2D eigenvalue weighted by atomic mass is 10.2. The molecule has 0 aliphatic rings. The lowest BCUT2D eigenvalue weighted by Gasteiger charge is -2.09. The van der Waals surface area contributed by atoms with E-state index in [1.807, 2.05) is 43.3 Å². The standard InChI is InChI=1S/C22H21N3O4/c1-16-3-2-4-19(13-16)24-22(26)15-29-21-11-5-17(6-12-21)14-23-18-7-9-20(10-8-18)25(27)28/h2-13,23H,14-15H2,1H3,(H,24,26). The van der Waals surface area contributed by atoms with Gasteiger partial charge in [-0.2, -0.15) is 0 Å². The van der Waals surface area contributed by atoms with E-state index in [-0.39, 0.29) is 18.2 Å². The summed E-state index contributed by atoms with van der Waals surface area (Å²) in [5.41, 5.74) is 3.68. The normalized spacial score (nSPS) is 10.2. The number of carbonyl (C=O) groups excluding carboxylic acids is 1. The molecule has 148 valence electrons. The highest BCUT2D eigenvalue weighted by Crippen LogP contribution is 2.17. The van der Waals surface area contributed by atoms with Crippen LogP contribution in [-0.4, -0.2) is 17.4 Å². The van der Waals surface area contributed by atoms with Crippen LogP contribution in [0.1, 0.15) is 11.1 Å². The lowest BCUT2D eigenvalue weighted by molar-refractivity contribution is -0.384. The van der Waals surface area contributed by atoms with Crippen LogP contribution < -0.4 is 15.4 Å². The number of hydrogen-bond donors (Lipinski definition) is 2. The van der Waals surface area contributed by atoms with Gasteiger partial charge in [0, 0.05) is 30.1 Å². The zero-order valence-electron chi connectivity index (χ0n) is 15.9. The van der Waals surface area contributed by atoms with E-state index in [2.05, 4.69) is 10.6 Å². The summed E-state index contributed by atoms with van der Waals surface area (Å²) in [5, 5.41) is 16.7. The second-order valence-corrected chi connectivity index (χ2v) is 6.51. The Morgan fingerprint density at radius 3 is 2.38 bits per heavy atom. The Labute approximate surface area is 168 Å². The van der Waals surface area contributed by atoms with Crippen molar-refractivity contribution in [3.05, 3.63) is 94.0 Å². The van der Waals surface area contributed by atoms with Gasteiger partial charge >= 0.3 is 0 Å². The molecule has 7 nitrogen and oxygen atoms in total. The van der Waals surface area contributed by atoms with Gasteiger partial charge in [0.1, 0.15) is 5.75 Å². The quantitative estimate of drug-likeness (QED) is 0.435. The van der Waals surface area contributed by atoms with E-state index < -0.39 is 4.92 Å². The van der Waals surface area contributed by atoms with Crippen molar-refractivity contribution in [2.75, 3.05) is 17.2 Å². The van der Waals surface area contributed by atoms with Crippen LogP contribution in [0.25, 0.3) is 0 Å². The second-order valence-electron chi connectivity index (χ2n) is 6.51. The molecule has 0 saturated heterocycles. The highest BCUT2D eigenvalue weighted by molar-refractivity contribution is 5.91. The van der Waals surface area contributed by atoms with Crippen molar-refractivity contribution in [3.8, 4) is 5.75 Å². The first-order valence-corrected chi connectivity index (χ1v) is 9.06. The molecule has 3 aromatic rings. The number of nitro groups is 1. The smallest absolute Gasteiger partial charge is 0.269 e. The maximum absolute atomic E-state index is 12.0. The SMILES string of the molecule is Cc1cccc(NC(=O)COc2ccc(CNc3ccc([N+](=O)[O-])cc3)cc2)c1. The Balaban J connectivity index is 1.46. The van der Waals surface area contributed by atoms with Gasteiger partial charge in [-0.25, -0.2) is 0 Å². The predicted octanol–water partition coefficient (Wildman–Crippen LogP) is 4.53. The lowest BCUT2D eigenvalue weighted by Crippen LogP contribution is -2.20. The van der Waals surface area contributed by atoms with Crippen molar-refractivity contribution in [3.63, 3.8) is 0 Å². The van der Waals surface area contributed by atoms with Gasteiger partial charge < -0.3 is 15.4 Å². The van der Waals surface area contributed by atoms with Crippen molar-refractivity contribution in [1.29, 1.82) is 0 Å². The number of hydrogen-bond acceptors (Lipinski definition) is 5. The molecular formula is C22H21N3O4. The van der Waals surface area contributed by atoms with Crippen LogP contribution in [0.15, 0.2) is 72.8 Å². The van der Waals surface area contributed by atoms with E-state index in [1.165, 1.54) is 12.1 Å². The Bertz CT molecular complexity index is 986. The summed E-state index contributed by atoms with van der Waals surface area (Å²) < 4.78 is 5.53. The molecule has 0 spiro atoms. The highest BCUT2D eigenvalue weighted by Gasteiger charge is 2.05. The van der Waals surface area contributed by atoms with Gasteiger partial charge in [0.15, 0.2) is 6.61 Å². The third kappa shape index (κ3) is 6.07. The van der Waals surface area contributed by atoms with Crippen molar-refractivity contribution in [2.24, 2.45) is 0 Å². The number of non-ortho nitro benzene ring substituents is 1. The molecule has 1 amide bonds. The van der Waals surface area contributed by atoms with Gasteiger partial charge in [0.25, 0.3) is 11.6 Å². The van der Waals surface area contributed by atoms with E-state index in [1.54, 1.807) is 24.3 Å². The molecule has 0 bridgehead atoms. The van der Waals surface area contributed by atoms with Crippen molar-refractivity contribution in [1.82, 2.24) is 0 Å². The Morgan fingerprint density at radius 2 is 1.72 bits per heavy atom. The summed E-state index contributed by atoms with van der Waals surface area (Å²) >= 11 is 0. The first kappa shape index (κ1) is 19.9. The fourth-order valence-corrected chi connectivity index (χ4v) is 2.68. The van der Waals surface area contributed by atoms with Crippen molar-refractivity contribution >= 4 is 23.0 Å². The van der Waals surface area contributed by atoms with Gasteiger partial charge in [0.2, 0.25) is 0 Å². The summed E-state index contributed by atoms with van der Waals surface area (Å²) in [6.45, 7) is 2.45. The molecule has 3 rings (SSSR count). The molecule has 0 fully saturated rings. The summed E-state index contributed by atoms with van der Waals surface area (Å²) in [6.07, 6.45) is 0. The number of nitro benzene ring substituents is 1. The minimum Gasteiger partial charge on any atom is -0.484 e. The Kier molecular flexibility index (Phi) is 6.42. The minimum absolute atomic E-state index is 0.0588. The molecule has 7 heteroatoms. The zero-order chi connectivity index (χ0) is 20.6. The van der Waals surface area contributed by atoms with Gasteiger partial charge in [0.05, 0.1) is 4.92 Å². The average molecular weight is 391 g/mol. The van der Waals surface area contributed by atoms with Gasteiger partial charge in [-0.3, -0.25) is 14.9 Å². The fourth-order valence-electron chi connectivity index (χ4n) is 2.68. The van der Waals surface area contributed by atoms with E-state index in [0.717, 1.165) is 22.5 Å². The molecule has 0 saturated carbocycles. The maximum atomic E-state index is 12.0. The van der Waals surface area contributed by atoms with Crippen LogP contribution in [0.3, 0.4) is 0 Å². The molecule has 3 aromatic carbocycles. The van der Waals surface area contributed by atoms with Gasteiger partial charge in [-0.1, -0.05) is 24.3 Å². The van der Waals surface area contributed by atoms with Crippen LogP contribution in [0.2, 0.25) is 0 Å². The first-order valence-electron chi connectivity index (χ1n) is 9.06. The van der Waals surface area contributed by atoms with Crippen LogP contribution >= 0.6 is 0 Å². The number of ether oxygens (including phenoxy) is 1. The van der Waals surface area contributed by atoms with Crippen LogP contribution in [0, 0.1) is 17.0 Å². The zero-order valence-corrected chi connectivity index (χ0v) is 15.9. The average Bonchev–Trinajstić information content (AvgIpc) is 2.72. The first-order chi connectivity index (χ1) is 14.0. The number of anilines is 2. The number of amides is 1. The molecule has 2 N–H and O–H groups in total. The predicted molar refractivity (Wildman–Crippen MR) is 112 cm³/mol. The van der Waals surface area contributed by atoms with Crippen molar-refractivity contribution < 1.29 is 14.5 Å². The van der Waals surface area contributed by atoms with E-state index in [0.29, 0.717) is 12.3 Å². The Morgan fingerprint density at radius 1 is 1.00 bits per heavy atom. The fraction of sp³-hybridized carbons (Fsp3) is 0.136. The molecule has 29 heavy (non-hydrogen) atoms. The second kappa shape index (κ2) is 9.36. The van der Waals surface area contributed by atoms with Crippen LogP contribution in [-0.2, 0) is 11.3 Å². The van der Waals surface area contributed by atoms with Crippen molar-refractivity contribution in [2.45, 2.75) is 13.5 Å². The van der Waals surface area contributed by atoms with E-state index in [9.17, 15) is 14.9 Å². The van der Waals surface area contributed by atoms with Crippen LogP contribution in [0.5, 0.6) is 5.75 Å². The minimum atomic E-state index is -0.427. The third-order valence-corrected chi connectivity index (χ3v) is 4.17. The summed E-state index contributed by atoms with van der Waals surface area (Å²) in [7, 11) is 0. The molecular weight excluding hydrogens is 370 g/mol. The molecule has 0 atom stereocenters. The number of aryl methyl sites for hydroxylation is 1. The Hall–Kier alpha value is -3.87. The highest BCUT2D eigenvalue weighted by atomic mass is 16.6. The molecule has 0 aromatic heterocycles. The number of nitrogens with one attached hydrogen (secondary N) is 2. The molecule has 0 heterocycles. The molecule has 0 unspecified atom stereocenters. The van der Waals surface area contributed by atoms with Gasteiger partial charge in [-0.15, -0.1) is 0 Å². The van der Waals surface area contributed by atoms with Crippen LogP contribution in [0.4, 0.5) is 17.1 Å². The molecule has 0 aliphatic carbocycles. The monoisotopic (exact) mass is 391 g/mol. The summed E-state index contributed by atoms with van der Waals surface area (Å²) in [6, 6.07) is 21.2. The summed E-state index contributed by atoms with van der Waals surface area (Å²) in [4.78, 5) is 22.2. The number of carbonyl (C=O) groups is 1. The van der Waals surface area contributed by atoms with E-state index in [4.69, 9.17) is 4.74 Å². The largest absolute Gasteiger partial charge is 0.484 e. The number of nitrogens with zero attached hydrogens (tertiary/aromatic N) is 1. The van der Waals surface area contributed by atoms with Gasteiger partial charge in [-0.05, 0) is 54.4 Å².